The molecule has 3 nitrogen and oxygen atoms in total. The van der Waals surface area contributed by atoms with Gasteiger partial charge in [-0.25, -0.2) is 0 Å². The molecule has 1 saturated carbocycles. The van der Waals surface area contributed by atoms with Crippen molar-refractivity contribution in [2.45, 2.75) is 70.0 Å². The molecule has 3 fully saturated rings. The lowest BCUT2D eigenvalue weighted by Gasteiger charge is -2.55. The van der Waals surface area contributed by atoms with E-state index in [-0.39, 0.29) is 0 Å². The SMILES string of the molecule is CCC1CNC(C)(C2CC2)CN1C1(C)CCOCC1. The molecule has 0 spiro atoms. The summed E-state index contributed by atoms with van der Waals surface area (Å²) in [5.74, 6) is 0.913. The molecule has 1 aliphatic carbocycles. The fraction of sp³-hybridized carbons (Fsp3) is 1.00. The van der Waals surface area contributed by atoms with Crippen LogP contribution >= 0.6 is 0 Å². The zero-order valence-corrected chi connectivity index (χ0v) is 12.9. The molecule has 3 aliphatic rings. The van der Waals surface area contributed by atoms with E-state index >= 15 is 0 Å². The van der Waals surface area contributed by atoms with Crippen LogP contribution in [0.2, 0.25) is 0 Å². The summed E-state index contributed by atoms with van der Waals surface area (Å²) < 4.78 is 5.59. The lowest BCUT2D eigenvalue weighted by Crippen LogP contribution is -2.69. The van der Waals surface area contributed by atoms with Crippen LogP contribution in [0.15, 0.2) is 0 Å². The van der Waals surface area contributed by atoms with E-state index in [1.54, 1.807) is 0 Å². The Morgan fingerprint density at radius 3 is 2.47 bits per heavy atom. The predicted molar refractivity (Wildman–Crippen MR) is 78.4 cm³/mol. The highest BCUT2D eigenvalue weighted by atomic mass is 16.5. The molecular formula is C16H30N2O. The van der Waals surface area contributed by atoms with Crippen LogP contribution in [-0.4, -0.2) is 48.3 Å². The second-order valence-corrected chi connectivity index (χ2v) is 7.37. The van der Waals surface area contributed by atoms with Crippen LogP contribution in [0.1, 0.15) is 52.9 Å². The van der Waals surface area contributed by atoms with Gasteiger partial charge in [-0.1, -0.05) is 6.92 Å². The maximum absolute atomic E-state index is 5.59. The quantitative estimate of drug-likeness (QED) is 0.849. The van der Waals surface area contributed by atoms with Gasteiger partial charge in [0.05, 0.1) is 0 Å². The van der Waals surface area contributed by atoms with E-state index in [9.17, 15) is 0 Å². The molecule has 3 heteroatoms. The number of rotatable bonds is 3. The average molecular weight is 266 g/mol. The van der Waals surface area contributed by atoms with Crippen LogP contribution in [-0.2, 0) is 4.74 Å². The van der Waals surface area contributed by atoms with Gasteiger partial charge in [-0.2, -0.15) is 0 Å². The van der Waals surface area contributed by atoms with E-state index in [2.05, 4.69) is 31.0 Å². The fourth-order valence-corrected chi connectivity index (χ4v) is 4.09. The Morgan fingerprint density at radius 2 is 1.89 bits per heavy atom. The van der Waals surface area contributed by atoms with Crippen molar-refractivity contribution in [1.29, 1.82) is 0 Å². The van der Waals surface area contributed by atoms with Gasteiger partial charge >= 0.3 is 0 Å². The lowest BCUT2D eigenvalue weighted by molar-refractivity contribution is -0.0686. The Morgan fingerprint density at radius 1 is 1.21 bits per heavy atom. The molecule has 1 N–H and O–H groups in total. The lowest BCUT2D eigenvalue weighted by atomic mass is 9.82. The first-order valence-electron chi connectivity index (χ1n) is 8.17. The first-order chi connectivity index (χ1) is 9.07. The van der Waals surface area contributed by atoms with Gasteiger partial charge in [-0.3, -0.25) is 4.90 Å². The van der Waals surface area contributed by atoms with Crippen LogP contribution in [0, 0.1) is 5.92 Å². The van der Waals surface area contributed by atoms with Gasteiger partial charge in [0.1, 0.15) is 0 Å². The first kappa shape index (κ1) is 13.8. The fourth-order valence-electron chi connectivity index (χ4n) is 4.09. The summed E-state index contributed by atoms with van der Waals surface area (Å²) in [6.45, 7) is 11.5. The second-order valence-electron chi connectivity index (χ2n) is 7.37. The van der Waals surface area contributed by atoms with Crippen molar-refractivity contribution >= 4 is 0 Å². The molecule has 19 heavy (non-hydrogen) atoms. The molecule has 0 bridgehead atoms. The second kappa shape index (κ2) is 5.01. The molecule has 0 amide bonds. The maximum Gasteiger partial charge on any atom is 0.0483 e. The molecule has 2 atom stereocenters. The van der Waals surface area contributed by atoms with Gasteiger partial charge in [0.2, 0.25) is 0 Å². The first-order valence-corrected chi connectivity index (χ1v) is 8.17. The number of ether oxygens (including phenoxy) is 1. The molecule has 3 rings (SSSR count). The summed E-state index contributed by atoms with van der Waals surface area (Å²) >= 11 is 0. The normalized spacial score (nSPS) is 40.3. The van der Waals surface area contributed by atoms with Gasteiger partial charge in [-0.15, -0.1) is 0 Å². The van der Waals surface area contributed by atoms with Crippen molar-refractivity contribution in [3.8, 4) is 0 Å². The number of piperazine rings is 1. The molecule has 0 aromatic heterocycles. The van der Waals surface area contributed by atoms with Gasteiger partial charge in [-0.05, 0) is 51.9 Å². The summed E-state index contributed by atoms with van der Waals surface area (Å²) in [6.07, 6.45) is 6.50. The van der Waals surface area contributed by atoms with Crippen LogP contribution in [0.3, 0.4) is 0 Å². The molecular weight excluding hydrogens is 236 g/mol. The van der Waals surface area contributed by atoms with Crippen molar-refractivity contribution in [3.63, 3.8) is 0 Å². The van der Waals surface area contributed by atoms with Gasteiger partial charge in [0.25, 0.3) is 0 Å². The highest BCUT2D eigenvalue weighted by Crippen LogP contribution is 2.43. The molecule has 0 aromatic rings. The number of hydrogen-bond acceptors (Lipinski definition) is 3. The topological polar surface area (TPSA) is 24.5 Å². The summed E-state index contributed by atoms with van der Waals surface area (Å²) in [7, 11) is 0. The van der Waals surface area contributed by atoms with E-state index in [1.807, 2.05) is 0 Å². The van der Waals surface area contributed by atoms with Crippen LogP contribution in [0.25, 0.3) is 0 Å². The summed E-state index contributed by atoms with van der Waals surface area (Å²) in [5.41, 5.74) is 0.712. The molecule has 2 heterocycles. The minimum Gasteiger partial charge on any atom is -0.381 e. The largest absolute Gasteiger partial charge is 0.381 e. The standard InChI is InChI=1S/C16H30N2O/c1-4-14-11-17-16(3,13-5-6-13)12-18(14)15(2)7-9-19-10-8-15/h13-14,17H,4-12H2,1-3H3. The van der Waals surface area contributed by atoms with E-state index in [0.717, 1.165) is 19.1 Å². The maximum atomic E-state index is 5.59. The zero-order chi connectivity index (χ0) is 13.5. The molecule has 0 aromatic carbocycles. The Balaban J connectivity index is 1.78. The van der Waals surface area contributed by atoms with Crippen LogP contribution in [0.4, 0.5) is 0 Å². The van der Waals surface area contributed by atoms with Crippen LogP contribution < -0.4 is 5.32 Å². The summed E-state index contributed by atoms with van der Waals surface area (Å²) in [6, 6.07) is 0.704. The number of hydrogen-bond donors (Lipinski definition) is 1. The Bertz CT molecular complexity index is 323. The molecule has 2 unspecified atom stereocenters. The Hall–Kier alpha value is -0.120. The monoisotopic (exact) mass is 266 g/mol. The summed E-state index contributed by atoms with van der Waals surface area (Å²) in [5, 5.41) is 3.87. The van der Waals surface area contributed by atoms with Crippen LogP contribution in [0.5, 0.6) is 0 Å². The van der Waals surface area contributed by atoms with E-state index in [0.29, 0.717) is 17.1 Å². The smallest absolute Gasteiger partial charge is 0.0483 e. The third-order valence-electron chi connectivity index (χ3n) is 5.89. The Kier molecular flexibility index (Phi) is 3.65. The molecule has 2 aliphatic heterocycles. The van der Waals surface area contributed by atoms with Crippen molar-refractivity contribution in [2.24, 2.45) is 5.92 Å². The zero-order valence-electron chi connectivity index (χ0n) is 12.9. The predicted octanol–water partition coefficient (Wildman–Crippen LogP) is 2.41. The minimum atomic E-state index is 0.354. The van der Waals surface area contributed by atoms with Crippen molar-refractivity contribution in [3.05, 3.63) is 0 Å². The minimum absolute atomic E-state index is 0.354. The van der Waals surface area contributed by atoms with Crippen molar-refractivity contribution in [1.82, 2.24) is 10.2 Å². The van der Waals surface area contributed by atoms with Gasteiger partial charge in [0.15, 0.2) is 0 Å². The van der Waals surface area contributed by atoms with Crippen molar-refractivity contribution < 1.29 is 4.74 Å². The molecule has 110 valence electrons. The van der Waals surface area contributed by atoms with Gasteiger partial charge in [0, 0.05) is 43.4 Å². The van der Waals surface area contributed by atoms with Crippen molar-refractivity contribution in [2.75, 3.05) is 26.3 Å². The van der Waals surface area contributed by atoms with Gasteiger partial charge < -0.3 is 10.1 Å². The Labute approximate surface area is 118 Å². The van der Waals surface area contributed by atoms with E-state index in [1.165, 1.54) is 45.2 Å². The average Bonchev–Trinajstić information content (AvgIpc) is 3.24. The molecule has 0 radical (unpaired) electrons. The third kappa shape index (κ3) is 2.57. The molecule has 2 saturated heterocycles. The van der Waals surface area contributed by atoms with E-state index in [4.69, 9.17) is 4.74 Å². The summed E-state index contributed by atoms with van der Waals surface area (Å²) in [4.78, 5) is 2.84. The third-order valence-corrected chi connectivity index (χ3v) is 5.89. The highest BCUT2D eigenvalue weighted by Gasteiger charge is 2.49. The van der Waals surface area contributed by atoms with E-state index < -0.39 is 0 Å². The number of nitrogens with one attached hydrogen (secondary N) is 1. The highest BCUT2D eigenvalue weighted by molar-refractivity contribution is 5.07. The number of nitrogens with zero attached hydrogens (tertiary/aromatic N) is 1.